The van der Waals surface area contributed by atoms with Gasteiger partial charge >= 0.3 is 0 Å². The van der Waals surface area contributed by atoms with E-state index in [1.54, 1.807) is 17.0 Å². The molecule has 1 aromatic heterocycles. The van der Waals surface area contributed by atoms with Crippen molar-refractivity contribution >= 4 is 16.9 Å². The van der Waals surface area contributed by atoms with Crippen molar-refractivity contribution in [3.63, 3.8) is 0 Å². The maximum Gasteiger partial charge on any atom is 0.290 e. The summed E-state index contributed by atoms with van der Waals surface area (Å²) in [6.07, 6.45) is 3.03. The summed E-state index contributed by atoms with van der Waals surface area (Å²) < 4.78 is 5.92. The number of carbonyl (C=O) groups excluding carboxylic acids is 1. The summed E-state index contributed by atoms with van der Waals surface area (Å²) in [5.41, 5.74) is 2.92. The minimum atomic E-state index is -0.384. The van der Waals surface area contributed by atoms with Gasteiger partial charge in [-0.25, -0.2) is 0 Å². The molecule has 0 saturated heterocycles. The molecule has 0 fully saturated rings. The second-order valence-electron chi connectivity index (χ2n) is 7.19. The molecule has 4 nitrogen and oxygen atoms in total. The fourth-order valence-electron chi connectivity index (χ4n) is 3.83. The normalized spacial score (nSPS) is 16.1. The Bertz CT molecular complexity index is 1050. The molecule has 0 aliphatic carbocycles. The third-order valence-electron chi connectivity index (χ3n) is 5.27. The molecule has 1 aliphatic heterocycles. The smallest absolute Gasteiger partial charge is 0.290 e. The van der Waals surface area contributed by atoms with Crippen LogP contribution in [0.1, 0.15) is 59.5 Å². The number of rotatable bonds is 5. The summed E-state index contributed by atoms with van der Waals surface area (Å²) in [4.78, 5) is 28.2. The van der Waals surface area contributed by atoms with E-state index in [-0.39, 0.29) is 23.1 Å². The third-order valence-corrected chi connectivity index (χ3v) is 5.27. The first-order valence-corrected chi connectivity index (χ1v) is 9.55. The first kappa shape index (κ1) is 17.5. The van der Waals surface area contributed by atoms with E-state index in [1.807, 2.05) is 43.3 Å². The van der Waals surface area contributed by atoms with E-state index in [2.05, 4.69) is 6.92 Å². The van der Waals surface area contributed by atoms with Crippen LogP contribution in [0, 0.1) is 6.92 Å². The second kappa shape index (κ2) is 7.03. The SMILES string of the molecule is CCCCCN1C(=O)c2oc3ccccc3c(=O)c2C1c1ccc(C)cc1. The van der Waals surface area contributed by atoms with E-state index in [9.17, 15) is 9.59 Å². The Morgan fingerprint density at radius 2 is 1.74 bits per heavy atom. The van der Waals surface area contributed by atoms with Crippen molar-refractivity contribution < 1.29 is 9.21 Å². The summed E-state index contributed by atoms with van der Waals surface area (Å²) in [5.74, 6) is 0.00954. The predicted octanol–water partition coefficient (Wildman–Crippen LogP) is 4.84. The molecule has 2 heterocycles. The molecule has 1 atom stereocenters. The van der Waals surface area contributed by atoms with Crippen LogP contribution >= 0.6 is 0 Å². The van der Waals surface area contributed by atoms with Crippen LogP contribution in [-0.4, -0.2) is 17.4 Å². The minimum absolute atomic E-state index is 0.108. The Hall–Kier alpha value is -2.88. The fourth-order valence-corrected chi connectivity index (χ4v) is 3.83. The van der Waals surface area contributed by atoms with Gasteiger partial charge in [0.25, 0.3) is 5.91 Å². The number of benzene rings is 2. The summed E-state index contributed by atoms with van der Waals surface area (Å²) in [5, 5.41) is 0.525. The van der Waals surface area contributed by atoms with Crippen molar-refractivity contribution in [2.75, 3.05) is 6.54 Å². The lowest BCUT2D eigenvalue weighted by atomic mass is 9.97. The largest absolute Gasteiger partial charge is 0.450 e. The first-order chi connectivity index (χ1) is 13.1. The number of aryl methyl sites for hydroxylation is 1. The Kier molecular flexibility index (Phi) is 4.56. The molecule has 0 radical (unpaired) electrons. The standard InChI is InChI=1S/C23H23NO3/c1-3-4-7-14-24-20(16-12-10-15(2)11-13-16)19-21(25)17-8-5-6-9-18(17)27-22(19)23(24)26/h5-6,8-13,20H,3-4,7,14H2,1-2H3. The maximum absolute atomic E-state index is 13.3. The van der Waals surface area contributed by atoms with Gasteiger partial charge in [-0.05, 0) is 31.0 Å². The number of hydrogen-bond acceptors (Lipinski definition) is 3. The van der Waals surface area contributed by atoms with Crippen LogP contribution in [0.2, 0.25) is 0 Å². The average Bonchev–Trinajstić information content (AvgIpc) is 2.96. The molecule has 1 aliphatic rings. The van der Waals surface area contributed by atoms with Crippen molar-refractivity contribution in [1.29, 1.82) is 0 Å². The summed E-state index contributed by atoms with van der Waals surface area (Å²) in [7, 11) is 0. The number of hydrogen-bond donors (Lipinski definition) is 0. The monoisotopic (exact) mass is 361 g/mol. The Morgan fingerprint density at radius 1 is 1.00 bits per heavy atom. The molecule has 1 amide bonds. The van der Waals surface area contributed by atoms with E-state index in [4.69, 9.17) is 4.42 Å². The highest BCUT2D eigenvalue weighted by molar-refractivity contribution is 5.99. The predicted molar refractivity (Wildman–Crippen MR) is 106 cm³/mol. The lowest BCUT2D eigenvalue weighted by Crippen LogP contribution is -2.30. The van der Waals surface area contributed by atoms with Crippen molar-refractivity contribution in [1.82, 2.24) is 4.90 Å². The highest BCUT2D eigenvalue weighted by Crippen LogP contribution is 2.38. The highest BCUT2D eigenvalue weighted by atomic mass is 16.3. The molecule has 0 N–H and O–H groups in total. The topological polar surface area (TPSA) is 50.5 Å². The van der Waals surface area contributed by atoms with Gasteiger partial charge in [-0.15, -0.1) is 0 Å². The van der Waals surface area contributed by atoms with Crippen LogP contribution in [0.15, 0.2) is 57.7 Å². The second-order valence-corrected chi connectivity index (χ2v) is 7.19. The molecular weight excluding hydrogens is 338 g/mol. The van der Waals surface area contributed by atoms with Crippen LogP contribution < -0.4 is 5.43 Å². The van der Waals surface area contributed by atoms with E-state index in [0.717, 1.165) is 30.4 Å². The van der Waals surface area contributed by atoms with Crippen molar-refractivity contribution in [2.24, 2.45) is 0 Å². The molecule has 0 spiro atoms. The Morgan fingerprint density at radius 3 is 2.48 bits per heavy atom. The first-order valence-electron chi connectivity index (χ1n) is 9.55. The van der Waals surface area contributed by atoms with Gasteiger partial charge in [-0.3, -0.25) is 9.59 Å². The molecule has 0 saturated carbocycles. The van der Waals surface area contributed by atoms with Crippen molar-refractivity contribution in [3.05, 3.63) is 81.2 Å². The summed E-state index contributed by atoms with van der Waals surface area (Å²) >= 11 is 0. The van der Waals surface area contributed by atoms with Gasteiger partial charge in [0.1, 0.15) is 5.58 Å². The molecule has 138 valence electrons. The number of carbonyl (C=O) groups is 1. The molecule has 3 aromatic rings. The quantitative estimate of drug-likeness (QED) is 0.611. The van der Waals surface area contributed by atoms with E-state index in [0.29, 0.717) is 23.1 Å². The molecule has 1 unspecified atom stereocenters. The van der Waals surface area contributed by atoms with Crippen LogP contribution in [-0.2, 0) is 0 Å². The number of nitrogens with zero attached hydrogens (tertiary/aromatic N) is 1. The molecular formula is C23H23NO3. The molecule has 2 aromatic carbocycles. The molecule has 4 heteroatoms. The zero-order valence-electron chi connectivity index (χ0n) is 15.7. The van der Waals surface area contributed by atoms with Gasteiger partial charge in [0.2, 0.25) is 5.76 Å². The van der Waals surface area contributed by atoms with Gasteiger partial charge in [0, 0.05) is 6.54 Å². The van der Waals surface area contributed by atoms with Crippen LogP contribution in [0.5, 0.6) is 0 Å². The van der Waals surface area contributed by atoms with Crippen LogP contribution in [0.3, 0.4) is 0 Å². The fraction of sp³-hybridized carbons (Fsp3) is 0.304. The number of unbranched alkanes of at least 4 members (excludes halogenated alkanes) is 2. The minimum Gasteiger partial charge on any atom is -0.450 e. The van der Waals surface area contributed by atoms with E-state index in [1.165, 1.54) is 0 Å². The molecule has 27 heavy (non-hydrogen) atoms. The number of amides is 1. The van der Waals surface area contributed by atoms with Gasteiger partial charge in [0.05, 0.1) is 17.0 Å². The summed E-state index contributed by atoms with van der Waals surface area (Å²) in [6, 6.07) is 14.8. The van der Waals surface area contributed by atoms with Gasteiger partial charge in [-0.1, -0.05) is 61.7 Å². The van der Waals surface area contributed by atoms with Gasteiger partial charge in [-0.2, -0.15) is 0 Å². The lowest BCUT2D eigenvalue weighted by Gasteiger charge is -2.25. The van der Waals surface area contributed by atoms with Gasteiger partial charge < -0.3 is 9.32 Å². The van der Waals surface area contributed by atoms with E-state index >= 15 is 0 Å². The number of para-hydroxylation sites is 1. The van der Waals surface area contributed by atoms with E-state index < -0.39 is 0 Å². The van der Waals surface area contributed by atoms with Crippen LogP contribution in [0.4, 0.5) is 0 Å². The third kappa shape index (κ3) is 2.95. The Labute approximate surface area is 158 Å². The van der Waals surface area contributed by atoms with Crippen molar-refractivity contribution in [3.8, 4) is 0 Å². The maximum atomic E-state index is 13.3. The van der Waals surface area contributed by atoms with Gasteiger partial charge in [0.15, 0.2) is 5.43 Å². The van der Waals surface area contributed by atoms with Crippen LogP contribution in [0.25, 0.3) is 11.0 Å². The molecule has 4 rings (SSSR count). The number of fused-ring (bicyclic) bond motifs is 2. The highest BCUT2D eigenvalue weighted by Gasteiger charge is 2.42. The zero-order valence-corrected chi connectivity index (χ0v) is 15.7. The Balaban J connectivity index is 1.90. The summed E-state index contributed by atoms with van der Waals surface area (Å²) in [6.45, 7) is 4.78. The zero-order chi connectivity index (χ0) is 19.0. The average molecular weight is 361 g/mol. The van der Waals surface area contributed by atoms with Crippen molar-refractivity contribution in [2.45, 2.75) is 39.2 Å². The lowest BCUT2D eigenvalue weighted by molar-refractivity contribution is 0.0725. The molecule has 0 bridgehead atoms.